The molecule has 0 radical (unpaired) electrons. The molecule has 0 spiro atoms. The van der Waals surface area contributed by atoms with E-state index in [2.05, 4.69) is 20.6 Å². The highest BCUT2D eigenvalue weighted by Gasteiger charge is 2.05. The number of carbonyl (C=O) groups is 1. The molecule has 128 valence electrons. The highest BCUT2D eigenvalue weighted by molar-refractivity contribution is 7.80. The van der Waals surface area contributed by atoms with E-state index in [-0.39, 0.29) is 10.8 Å². The van der Waals surface area contributed by atoms with Gasteiger partial charge in [-0.15, -0.1) is 0 Å². The Labute approximate surface area is 148 Å². The van der Waals surface area contributed by atoms with Crippen LogP contribution in [0.5, 0.6) is 0 Å². The molecule has 2 N–H and O–H groups in total. The van der Waals surface area contributed by atoms with Gasteiger partial charge in [-0.1, -0.05) is 0 Å². The molecule has 0 atom stereocenters. The van der Waals surface area contributed by atoms with E-state index in [1.165, 1.54) is 25.5 Å². The number of thiocarbonyl (C=S) groups is 1. The maximum atomic E-state index is 11.3. The number of rotatable bonds is 5. The lowest BCUT2D eigenvalue weighted by molar-refractivity contribution is -0.384. The van der Waals surface area contributed by atoms with Crippen LogP contribution in [0.3, 0.4) is 0 Å². The van der Waals surface area contributed by atoms with Gasteiger partial charge in [-0.25, -0.2) is 4.79 Å². The first-order chi connectivity index (χ1) is 12.0. The van der Waals surface area contributed by atoms with Gasteiger partial charge in [-0.3, -0.25) is 15.5 Å². The summed E-state index contributed by atoms with van der Waals surface area (Å²) in [5.41, 5.74) is 4.44. The topological polar surface area (TPSA) is 106 Å². The number of hydrazone groups is 1. The summed E-state index contributed by atoms with van der Waals surface area (Å²) in [4.78, 5) is 21.4. The predicted molar refractivity (Wildman–Crippen MR) is 97.8 cm³/mol. The van der Waals surface area contributed by atoms with Gasteiger partial charge in [0.25, 0.3) is 5.69 Å². The number of hydrogen-bond acceptors (Lipinski definition) is 6. The first kappa shape index (κ1) is 18.0. The third kappa shape index (κ3) is 5.36. The second-order valence-corrected chi connectivity index (χ2v) is 5.15. The van der Waals surface area contributed by atoms with Crippen molar-refractivity contribution in [1.82, 2.24) is 5.43 Å². The Bertz CT molecular complexity index is 804. The van der Waals surface area contributed by atoms with Crippen LogP contribution in [0.1, 0.15) is 15.9 Å². The molecule has 2 aromatic carbocycles. The Balaban J connectivity index is 1.87. The van der Waals surface area contributed by atoms with Crippen molar-refractivity contribution in [2.75, 3.05) is 12.4 Å². The number of ether oxygens (including phenoxy) is 1. The molecule has 25 heavy (non-hydrogen) atoms. The van der Waals surface area contributed by atoms with E-state index in [1.807, 2.05) is 0 Å². The molecule has 2 aromatic rings. The maximum Gasteiger partial charge on any atom is 0.337 e. The lowest BCUT2D eigenvalue weighted by Crippen LogP contribution is -2.23. The number of nitrogens with zero attached hydrogens (tertiary/aromatic N) is 2. The molecule has 0 saturated carbocycles. The van der Waals surface area contributed by atoms with E-state index < -0.39 is 10.9 Å². The van der Waals surface area contributed by atoms with Crippen LogP contribution >= 0.6 is 12.2 Å². The summed E-state index contributed by atoms with van der Waals surface area (Å²) in [6.07, 6.45) is 1.48. The molecule has 2 rings (SSSR count). The molecule has 9 heteroatoms. The summed E-state index contributed by atoms with van der Waals surface area (Å²) in [5, 5.41) is 17.7. The molecule has 0 aliphatic rings. The van der Waals surface area contributed by atoms with Gasteiger partial charge in [0.15, 0.2) is 5.11 Å². The highest BCUT2D eigenvalue weighted by Crippen LogP contribution is 2.11. The monoisotopic (exact) mass is 358 g/mol. The number of nitro groups is 1. The summed E-state index contributed by atoms with van der Waals surface area (Å²) < 4.78 is 4.62. The summed E-state index contributed by atoms with van der Waals surface area (Å²) in [5.74, 6) is -0.417. The van der Waals surface area contributed by atoms with Gasteiger partial charge in [0, 0.05) is 17.8 Å². The molecule has 0 aliphatic carbocycles. The Morgan fingerprint density at radius 1 is 1.20 bits per heavy atom. The van der Waals surface area contributed by atoms with Gasteiger partial charge < -0.3 is 10.1 Å². The van der Waals surface area contributed by atoms with Gasteiger partial charge in [-0.05, 0) is 54.2 Å². The standard InChI is InChI=1S/C16H14N4O4S/c1-24-15(21)12-4-6-13(7-5-12)18-16(25)19-17-10-11-2-8-14(9-3-11)20(22)23/h2-10H,1H3,(H2,18,19,25)/b17-10-. The molecule has 0 aliphatic heterocycles. The van der Waals surface area contributed by atoms with Crippen LogP contribution in [0.25, 0.3) is 0 Å². The smallest absolute Gasteiger partial charge is 0.337 e. The molecule has 8 nitrogen and oxygen atoms in total. The lowest BCUT2D eigenvalue weighted by Gasteiger charge is -2.07. The second kappa shape index (κ2) is 8.50. The zero-order valence-corrected chi connectivity index (χ0v) is 13.9. The fourth-order valence-corrected chi connectivity index (χ4v) is 1.98. The van der Waals surface area contributed by atoms with Crippen molar-refractivity contribution in [3.63, 3.8) is 0 Å². The summed E-state index contributed by atoms with van der Waals surface area (Å²) in [6, 6.07) is 12.5. The number of nitrogens with one attached hydrogen (secondary N) is 2. The minimum absolute atomic E-state index is 0.0118. The number of esters is 1. The number of nitro benzene ring substituents is 1. The lowest BCUT2D eigenvalue weighted by atomic mass is 10.2. The zero-order valence-electron chi connectivity index (χ0n) is 13.1. The number of anilines is 1. The van der Waals surface area contributed by atoms with E-state index in [4.69, 9.17) is 12.2 Å². The molecule has 0 amide bonds. The average Bonchev–Trinajstić information content (AvgIpc) is 2.62. The molecule has 0 aromatic heterocycles. The Hall–Kier alpha value is -3.33. The van der Waals surface area contributed by atoms with Crippen molar-refractivity contribution >= 4 is 40.9 Å². The zero-order chi connectivity index (χ0) is 18.2. The highest BCUT2D eigenvalue weighted by atomic mass is 32.1. The number of hydrogen-bond donors (Lipinski definition) is 2. The van der Waals surface area contributed by atoms with Crippen LogP contribution in [-0.4, -0.2) is 29.3 Å². The average molecular weight is 358 g/mol. The van der Waals surface area contributed by atoms with Gasteiger partial charge >= 0.3 is 5.97 Å². The van der Waals surface area contributed by atoms with E-state index >= 15 is 0 Å². The second-order valence-electron chi connectivity index (χ2n) is 4.74. The number of non-ortho nitro benzene ring substituents is 1. The maximum absolute atomic E-state index is 11.3. The molecule has 0 heterocycles. The fraction of sp³-hybridized carbons (Fsp3) is 0.0625. The van der Waals surface area contributed by atoms with E-state index in [9.17, 15) is 14.9 Å². The third-order valence-electron chi connectivity index (χ3n) is 3.05. The summed E-state index contributed by atoms with van der Waals surface area (Å²) >= 11 is 5.10. The Morgan fingerprint density at radius 2 is 1.84 bits per heavy atom. The van der Waals surface area contributed by atoms with E-state index in [1.54, 1.807) is 36.4 Å². The number of carbonyl (C=O) groups excluding carboxylic acids is 1. The van der Waals surface area contributed by atoms with Crippen molar-refractivity contribution in [3.8, 4) is 0 Å². The molecule has 0 fully saturated rings. The van der Waals surface area contributed by atoms with Gasteiger partial charge in [0.05, 0.1) is 23.8 Å². The number of methoxy groups -OCH3 is 1. The van der Waals surface area contributed by atoms with Crippen molar-refractivity contribution in [1.29, 1.82) is 0 Å². The van der Waals surface area contributed by atoms with Crippen LogP contribution in [0.2, 0.25) is 0 Å². The normalized spacial score (nSPS) is 10.3. The van der Waals surface area contributed by atoms with Gasteiger partial charge in [0.2, 0.25) is 0 Å². The Kier molecular flexibility index (Phi) is 6.13. The van der Waals surface area contributed by atoms with E-state index in [0.717, 1.165) is 0 Å². The van der Waals surface area contributed by atoms with Crippen LogP contribution in [0.4, 0.5) is 11.4 Å². The Morgan fingerprint density at radius 3 is 2.40 bits per heavy atom. The van der Waals surface area contributed by atoms with Gasteiger partial charge in [-0.2, -0.15) is 5.10 Å². The molecular weight excluding hydrogens is 344 g/mol. The summed E-state index contributed by atoms with van der Waals surface area (Å²) in [7, 11) is 1.32. The first-order valence-corrected chi connectivity index (χ1v) is 7.43. The molecule has 0 saturated heterocycles. The fourth-order valence-electron chi connectivity index (χ4n) is 1.81. The van der Waals surface area contributed by atoms with Crippen LogP contribution in [0.15, 0.2) is 53.6 Å². The predicted octanol–water partition coefficient (Wildman–Crippen LogP) is 2.70. The molecule has 0 unspecified atom stereocenters. The minimum atomic E-state index is -0.469. The van der Waals surface area contributed by atoms with Crippen LogP contribution in [-0.2, 0) is 4.74 Å². The van der Waals surface area contributed by atoms with Gasteiger partial charge in [0.1, 0.15) is 0 Å². The minimum Gasteiger partial charge on any atom is -0.465 e. The van der Waals surface area contributed by atoms with Crippen molar-refractivity contribution in [2.24, 2.45) is 5.10 Å². The quantitative estimate of drug-likeness (QED) is 0.278. The largest absolute Gasteiger partial charge is 0.465 e. The van der Waals surface area contributed by atoms with Crippen molar-refractivity contribution in [3.05, 3.63) is 69.8 Å². The first-order valence-electron chi connectivity index (χ1n) is 7.02. The molecular formula is C16H14N4O4S. The number of benzene rings is 2. The van der Waals surface area contributed by atoms with Crippen LogP contribution < -0.4 is 10.7 Å². The van der Waals surface area contributed by atoms with Crippen molar-refractivity contribution in [2.45, 2.75) is 0 Å². The summed E-state index contributed by atoms with van der Waals surface area (Å²) in [6.45, 7) is 0. The van der Waals surface area contributed by atoms with E-state index in [0.29, 0.717) is 16.8 Å². The van der Waals surface area contributed by atoms with Crippen molar-refractivity contribution < 1.29 is 14.5 Å². The molecule has 0 bridgehead atoms. The SMILES string of the molecule is COC(=O)c1ccc(NC(=S)N/N=C\c2ccc([N+](=O)[O-])cc2)cc1. The third-order valence-corrected chi connectivity index (χ3v) is 3.24. The van der Waals surface area contributed by atoms with Crippen LogP contribution in [0, 0.1) is 10.1 Å².